The van der Waals surface area contributed by atoms with Crippen molar-refractivity contribution in [2.24, 2.45) is 11.7 Å². The molecule has 20 heavy (non-hydrogen) atoms. The van der Waals surface area contributed by atoms with Gasteiger partial charge in [-0.15, -0.1) is 12.4 Å². The first-order chi connectivity index (χ1) is 8.93. The van der Waals surface area contributed by atoms with E-state index in [2.05, 4.69) is 0 Å². The molecule has 2 N–H and O–H groups in total. The van der Waals surface area contributed by atoms with Crippen LogP contribution in [0, 0.1) is 12.8 Å². The summed E-state index contributed by atoms with van der Waals surface area (Å²) in [7, 11) is 1.78. The Balaban J connectivity index is 0.00000361. The van der Waals surface area contributed by atoms with E-state index in [1.165, 1.54) is 0 Å². The molecule has 0 bridgehead atoms. The molecule has 0 aliphatic heterocycles. The summed E-state index contributed by atoms with van der Waals surface area (Å²) in [5, 5.41) is 0. The zero-order valence-electron chi connectivity index (χ0n) is 12.6. The summed E-state index contributed by atoms with van der Waals surface area (Å²) in [4.78, 5) is 13.7. The van der Waals surface area contributed by atoms with E-state index >= 15 is 0 Å². The lowest BCUT2D eigenvalue weighted by Crippen LogP contribution is -2.41. The minimum atomic E-state index is -0.163. The van der Waals surface area contributed by atoms with Crippen LogP contribution in [0.3, 0.4) is 0 Å². The van der Waals surface area contributed by atoms with Gasteiger partial charge in [-0.3, -0.25) is 4.79 Å². The molecule has 0 aliphatic carbocycles. The van der Waals surface area contributed by atoms with Crippen molar-refractivity contribution in [2.75, 3.05) is 20.2 Å². The first-order valence-electron chi connectivity index (χ1n) is 6.62. The molecule has 1 rings (SSSR count). The Morgan fingerprint density at radius 1 is 1.35 bits per heavy atom. The minimum absolute atomic E-state index is 0. The van der Waals surface area contributed by atoms with Gasteiger partial charge in [0.1, 0.15) is 12.4 Å². The van der Waals surface area contributed by atoms with Crippen molar-refractivity contribution in [1.29, 1.82) is 0 Å². The van der Waals surface area contributed by atoms with Gasteiger partial charge in [0.25, 0.3) is 0 Å². The lowest BCUT2D eigenvalue weighted by atomic mass is 10.0. The maximum absolute atomic E-state index is 12.0. The average Bonchev–Trinajstić information content (AvgIpc) is 2.38. The first kappa shape index (κ1) is 18.7. The van der Waals surface area contributed by atoms with E-state index in [0.717, 1.165) is 11.3 Å². The molecule has 0 aliphatic rings. The van der Waals surface area contributed by atoms with Gasteiger partial charge in [0, 0.05) is 13.1 Å². The molecule has 0 heterocycles. The Bertz CT molecular complexity index is 424. The van der Waals surface area contributed by atoms with E-state index < -0.39 is 0 Å². The standard InChI is InChI=1S/C15H24N2O2.ClH/c1-11-7-5-6-8-14(11)19-10-9-17(4)15(18)12(2)13(3)16;/h5-8,12-13H,9-10,16H2,1-4H3;1H. The molecule has 1 aromatic carbocycles. The zero-order chi connectivity index (χ0) is 14.4. The number of para-hydroxylation sites is 1. The molecule has 0 aromatic heterocycles. The molecular weight excluding hydrogens is 276 g/mol. The van der Waals surface area contributed by atoms with E-state index in [1.54, 1.807) is 11.9 Å². The Labute approximate surface area is 127 Å². The monoisotopic (exact) mass is 300 g/mol. The summed E-state index contributed by atoms with van der Waals surface area (Å²) in [5.74, 6) is 0.760. The third-order valence-electron chi connectivity index (χ3n) is 3.33. The van der Waals surface area contributed by atoms with Crippen molar-refractivity contribution in [3.63, 3.8) is 0 Å². The first-order valence-corrected chi connectivity index (χ1v) is 6.62. The number of amides is 1. The van der Waals surface area contributed by atoms with Crippen LogP contribution < -0.4 is 10.5 Å². The topological polar surface area (TPSA) is 55.6 Å². The number of likely N-dealkylation sites (N-methyl/N-ethyl adjacent to an activating group) is 1. The lowest BCUT2D eigenvalue weighted by Gasteiger charge is -2.23. The van der Waals surface area contributed by atoms with E-state index in [9.17, 15) is 4.79 Å². The van der Waals surface area contributed by atoms with Gasteiger partial charge in [0.2, 0.25) is 5.91 Å². The predicted molar refractivity (Wildman–Crippen MR) is 84.4 cm³/mol. The number of ether oxygens (including phenoxy) is 1. The van der Waals surface area contributed by atoms with Gasteiger partial charge in [0.05, 0.1) is 12.5 Å². The number of aryl methyl sites for hydroxylation is 1. The Kier molecular flexibility index (Phi) is 8.26. The van der Waals surface area contributed by atoms with E-state index in [4.69, 9.17) is 10.5 Å². The molecule has 0 radical (unpaired) electrons. The molecule has 5 heteroatoms. The highest BCUT2D eigenvalue weighted by Gasteiger charge is 2.20. The van der Waals surface area contributed by atoms with Crippen molar-refractivity contribution in [1.82, 2.24) is 4.90 Å². The zero-order valence-corrected chi connectivity index (χ0v) is 13.4. The van der Waals surface area contributed by atoms with E-state index in [0.29, 0.717) is 13.2 Å². The normalized spacial score (nSPS) is 13.1. The van der Waals surface area contributed by atoms with Crippen LogP contribution in [0.1, 0.15) is 19.4 Å². The van der Waals surface area contributed by atoms with Crippen LogP contribution in [0.4, 0.5) is 0 Å². The van der Waals surface area contributed by atoms with Crippen molar-refractivity contribution >= 4 is 18.3 Å². The highest BCUT2D eigenvalue weighted by molar-refractivity contribution is 5.85. The third-order valence-corrected chi connectivity index (χ3v) is 3.33. The Hall–Kier alpha value is -1.26. The molecule has 1 aromatic rings. The number of carbonyl (C=O) groups excluding carboxylic acids is 1. The highest BCUT2D eigenvalue weighted by Crippen LogP contribution is 2.16. The number of benzene rings is 1. The Morgan fingerprint density at radius 3 is 2.50 bits per heavy atom. The van der Waals surface area contributed by atoms with Crippen LogP contribution in [0.15, 0.2) is 24.3 Å². The summed E-state index contributed by atoms with van der Waals surface area (Å²) < 4.78 is 5.67. The second-order valence-electron chi connectivity index (χ2n) is 5.02. The third kappa shape index (κ3) is 5.39. The van der Waals surface area contributed by atoms with Crippen LogP contribution in [0.25, 0.3) is 0 Å². The van der Waals surface area contributed by atoms with Crippen LogP contribution in [0.2, 0.25) is 0 Å². The number of nitrogens with two attached hydrogens (primary N) is 1. The fourth-order valence-corrected chi connectivity index (χ4v) is 1.69. The molecule has 114 valence electrons. The summed E-state index contributed by atoms with van der Waals surface area (Å²) in [6.07, 6.45) is 0. The maximum atomic E-state index is 12.0. The van der Waals surface area contributed by atoms with Crippen molar-refractivity contribution in [3.8, 4) is 5.75 Å². The number of nitrogens with zero attached hydrogens (tertiary/aromatic N) is 1. The number of halogens is 1. The van der Waals surface area contributed by atoms with Gasteiger partial charge < -0.3 is 15.4 Å². The van der Waals surface area contributed by atoms with Gasteiger partial charge in [-0.1, -0.05) is 25.1 Å². The average molecular weight is 301 g/mol. The Morgan fingerprint density at radius 2 is 1.95 bits per heavy atom. The van der Waals surface area contributed by atoms with Crippen LogP contribution >= 0.6 is 12.4 Å². The smallest absolute Gasteiger partial charge is 0.226 e. The number of rotatable bonds is 6. The van der Waals surface area contributed by atoms with E-state index in [-0.39, 0.29) is 30.3 Å². The van der Waals surface area contributed by atoms with Crippen molar-refractivity contribution in [3.05, 3.63) is 29.8 Å². The number of hydrogen-bond donors (Lipinski definition) is 1. The highest BCUT2D eigenvalue weighted by atomic mass is 35.5. The molecule has 0 saturated heterocycles. The lowest BCUT2D eigenvalue weighted by molar-refractivity contribution is -0.134. The van der Waals surface area contributed by atoms with Crippen molar-refractivity contribution in [2.45, 2.75) is 26.8 Å². The van der Waals surface area contributed by atoms with Crippen LogP contribution in [-0.4, -0.2) is 37.0 Å². The van der Waals surface area contributed by atoms with Gasteiger partial charge in [-0.25, -0.2) is 0 Å². The van der Waals surface area contributed by atoms with Gasteiger partial charge in [-0.2, -0.15) is 0 Å². The molecule has 1 amide bonds. The molecule has 2 atom stereocenters. The predicted octanol–water partition coefficient (Wildman–Crippen LogP) is 2.24. The second-order valence-corrected chi connectivity index (χ2v) is 5.02. The molecule has 0 spiro atoms. The fourth-order valence-electron chi connectivity index (χ4n) is 1.69. The number of carbonyl (C=O) groups is 1. The molecule has 0 saturated carbocycles. The van der Waals surface area contributed by atoms with Gasteiger partial charge in [-0.05, 0) is 25.5 Å². The summed E-state index contributed by atoms with van der Waals surface area (Å²) >= 11 is 0. The minimum Gasteiger partial charge on any atom is -0.491 e. The fraction of sp³-hybridized carbons (Fsp3) is 0.533. The maximum Gasteiger partial charge on any atom is 0.226 e. The SMILES string of the molecule is Cc1ccccc1OCCN(C)C(=O)C(C)C(C)N.Cl. The quantitative estimate of drug-likeness (QED) is 0.876. The second kappa shape index (κ2) is 8.82. The summed E-state index contributed by atoms with van der Waals surface area (Å²) in [5.41, 5.74) is 6.83. The molecular formula is C15H25ClN2O2. The number of hydrogen-bond acceptors (Lipinski definition) is 3. The van der Waals surface area contributed by atoms with E-state index in [1.807, 2.05) is 45.0 Å². The van der Waals surface area contributed by atoms with Crippen LogP contribution in [0.5, 0.6) is 5.75 Å². The van der Waals surface area contributed by atoms with Gasteiger partial charge >= 0.3 is 0 Å². The summed E-state index contributed by atoms with van der Waals surface area (Å²) in [6.45, 7) is 6.75. The largest absolute Gasteiger partial charge is 0.491 e. The van der Waals surface area contributed by atoms with Crippen LogP contribution in [-0.2, 0) is 4.79 Å². The van der Waals surface area contributed by atoms with Gasteiger partial charge in [0.15, 0.2) is 0 Å². The summed E-state index contributed by atoms with van der Waals surface area (Å²) in [6, 6.07) is 7.72. The molecule has 0 fully saturated rings. The van der Waals surface area contributed by atoms with Crippen molar-refractivity contribution < 1.29 is 9.53 Å². The molecule has 4 nitrogen and oxygen atoms in total. The molecule has 2 unspecified atom stereocenters.